The molecule has 0 saturated carbocycles. The molecule has 7 nitrogen and oxygen atoms in total. The van der Waals surface area contributed by atoms with Gasteiger partial charge in [-0.3, -0.25) is 0 Å². The molecule has 0 saturated heterocycles. The topological polar surface area (TPSA) is 105 Å². The van der Waals surface area contributed by atoms with Crippen molar-refractivity contribution in [1.82, 2.24) is 15.3 Å². The van der Waals surface area contributed by atoms with E-state index in [-0.39, 0.29) is 6.54 Å². The molecule has 0 bridgehead atoms. The molecule has 1 amide bonds. The number of aromatic nitrogens is 2. The van der Waals surface area contributed by atoms with E-state index in [2.05, 4.69) is 20.6 Å². The normalized spacial score (nSPS) is 11.9. The highest BCUT2D eigenvalue weighted by Crippen LogP contribution is 2.35. The molecule has 29 heavy (non-hydrogen) atoms. The van der Waals surface area contributed by atoms with E-state index in [9.17, 15) is 9.18 Å². The number of thiophene rings is 1. The van der Waals surface area contributed by atoms with Crippen molar-refractivity contribution in [3.63, 3.8) is 0 Å². The summed E-state index contributed by atoms with van der Waals surface area (Å²) in [5, 5.41) is 9.35. The van der Waals surface area contributed by atoms with E-state index in [0.29, 0.717) is 16.3 Å². The zero-order valence-electron chi connectivity index (χ0n) is 15.2. The predicted molar refractivity (Wildman–Crippen MR) is 111 cm³/mol. The summed E-state index contributed by atoms with van der Waals surface area (Å²) in [4.78, 5) is 19.7. The Labute approximate surface area is 169 Å². The molecule has 1 atom stereocenters. The third-order valence-corrected chi connectivity index (χ3v) is 5.13. The first-order chi connectivity index (χ1) is 14.1. The largest absolute Gasteiger partial charge is 0.413 e. The fourth-order valence-electron chi connectivity index (χ4n) is 2.93. The lowest BCUT2D eigenvalue weighted by atomic mass is 10.1. The quantitative estimate of drug-likeness (QED) is 0.379. The van der Waals surface area contributed by atoms with Gasteiger partial charge in [0, 0.05) is 24.3 Å². The van der Waals surface area contributed by atoms with E-state index in [1.807, 2.05) is 23.7 Å². The molecule has 148 valence electrons. The number of rotatable bonds is 6. The molecule has 4 aromatic rings. The van der Waals surface area contributed by atoms with Gasteiger partial charge in [0.1, 0.15) is 16.5 Å². The maximum Gasteiger partial charge on any atom is 0.413 e. The van der Waals surface area contributed by atoms with Crippen molar-refractivity contribution >= 4 is 39.2 Å². The number of carbonyl (C=O) groups is 1. The number of benzene rings is 1. The number of nitrogens with two attached hydrogens (primary N) is 1. The molecule has 9 heteroatoms. The van der Waals surface area contributed by atoms with E-state index in [4.69, 9.17) is 10.5 Å². The van der Waals surface area contributed by atoms with Gasteiger partial charge >= 0.3 is 6.09 Å². The van der Waals surface area contributed by atoms with Crippen LogP contribution >= 0.6 is 11.3 Å². The molecule has 3 aromatic heterocycles. The zero-order chi connectivity index (χ0) is 20.2. The lowest BCUT2D eigenvalue weighted by molar-refractivity contribution is 0.196. The van der Waals surface area contributed by atoms with Gasteiger partial charge in [-0.05, 0) is 41.3 Å². The SMILES string of the molecule is NCC(NC(=O)Oc1ccsc1Nc1ccnc2[nH]ccc12)c1cccc(F)c1. The summed E-state index contributed by atoms with van der Waals surface area (Å²) in [6.45, 7) is 0.107. The van der Waals surface area contributed by atoms with Gasteiger partial charge in [0.25, 0.3) is 0 Å². The average molecular weight is 411 g/mol. The predicted octanol–water partition coefficient (Wildman–Crippen LogP) is 4.30. The van der Waals surface area contributed by atoms with Crippen molar-refractivity contribution in [2.75, 3.05) is 11.9 Å². The van der Waals surface area contributed by atoms with Crippen LogP contribution in [0.5, 0.6) is 5.75 Å². The number of hydrogen-bond donors (Lipinski definition) is 4. The van der Waals surface area contributed by atoms with Crippen LogP contribution in [-0.2, 0) is 0 Å². The molecule has 0 aliphatic rings. The molecular formula is C20H18FN5O2S. The molecule has 1 unspecified atom stereocenters. The third kappa shape index (κ3) is 4.20. The Morgan fingerprint density at radius 2 is 2.21 bits per heavy atom. The van der Waals surface area contributed by atoms with Crippen LogP contribution in [0.25, 0.3) is 11.0 Å². The second kappa shape index (κ2) is 8.29. The summed E-state index contributed by atoms with van der Waals surface area (Å²) in [7, 11) is 0. The Hall–Kier alpha value is -3.43. The van der Waals surface area contributed by atoms with Crippen molar-refractivity contribution in [2.24, 2.45) is 5.73 Å². The van der Waals surface area contributed by atoms with Crippen molar-refractivity contribution in [2.45, 2.75) is 6.04 Å². The van der Waals surface area contributed by atoms with Crippen molar-refractivity contribution < 1.29 is 13.9 Å². The number of amides is 1. The molecular weight excluding hydrogens is 393 g/mol. The van der Waals surface area contributed by atoms with Gasteiger partial charge in [-0.15, -0.1) is 11.3 Å². The monoisotopic (exact) mass is 411 g/mol. The highest BCUT2D eigenvalue weighted by Gasteiger charge is 2.17. The number of hydrogen-bond acceptors (Lipinski definition) is 6. The number of nitrogens with zero attached hydrogens (tertiary/aromatic N) is 1. The van der Waals surface area contributed by atoms with Crippen LogP contribution in [0, 0.1) is 5.82 Å². The number of nitrogens with one attached hydrogen (secondary N) is 3. The maximum absolute atomic E-state index is 13.5. The van der Waals surface area contributed by atoms with Crippen LogP contribution < -0.4 is 21.1 Å². The Kier molecular flexibility index (Phi) is 5.41. The number of halogens is 1. The van der Waals surface area contributed by atoms with Crippen LogP contribution in [0.4, 0.5) is 19.9 Å². The first-order valence-corrected chi connectivity index (χ1v) is 9.72. The van der Waals surface area contributed by atoms with Crippen LogP contribution in [0.3, 0.4) is 0 Å². The molecule has 4 rings (SSSR count). The molecule has 0 radical (unpaired) electrons. The Bertz CT molecular complexity index is 1140. The summed E-state index contributed by atoms with van der Waals surface area (Å²) < 4.78 is 18.9. The average Bonchev–Trinajstić information content (AvgIpc) is 3.36. The number of H-pyrrole nitrogens is 1. The highest BCUT2D eigenvalue weighted by molar-refractivity contribution is 7.14. The Morgan fingerprint density at radius 1 is 1.31 bits per heavy atom. The summed E-state index contributed by atoms with van der Waals surface area (Å²) in [6, 6.07) is 10.8. The second-order valence-corrected chi connectivity index (χ2v) is 7.13. The molecule has 0 aliphatic carbocycles. The fourth-order valence-corrected chi connectivity index (χ4v) is 3.66. The van der Waals surface area contributed by atoms with Gasteiger partial charge in [0.15, 0.2) is 5.75 Å². The number of ether oxygens (including phenoxy) is 1. The third-order valence-electron chi connectivity index (χ3n) is 4.32. The van der Waals surface area contributed by atoms with Crippen LogP contribution in [0.1, 0.15) is 11.6 Å². The summed E-state index contributed by atoms with van der Waals surface area (Å²) in [5.74, 6) is -0.0168. The Balaban J connectivity index is 1.47. The number of carbonyl (C=O) groups excluding carboxylic acids is 1. The summed E-state index contributed by atoms with van der Waals surface area (Å²) in [5.41, 5.74) is 7.90. The first kappa shape index (κ1) is 18.9. The minimum atomic E-state index is -0.673. The lowest BCUT2D eigenvalue weighted by Gasteiger charge is -2.17. The van der Waals surface area contributed by atoms with Gasteiger partial charge in [-0.25, -0.2) is 14.2 Å². The van der Waals surface area contributed by atoms with E-state index in [0.717, 1.165) is 16.7 Å². The van der Waals surface area contributed by atoms with Crippen LogP contribution in [0.15, 0.2) is 60.2 Å². The summed E-state index contributed by atoms with van der Waals surface area (Å²) in [6.07, 6.45) is 2.82. The molecule has 5 N–H and O–H groups in total. The molecule has 0 aliphatic heterocycles. The van der Waals surface area contributed by atoms with E-state index >= 15 is 0 Å². The number of pyridine rings is 1. The number of aromatic amines is 1. The molecule has 1 aromatic carbocycles. The van der Waals surface area contributed by atoms with Crippen molar-refractivity contribution in [1.29, 1.82) is 0 Å². The highest BCUT2D eigenvalue weighted by atomic mass is 32.1. The zero-order valence-corrected chi connectivity index (χ0v) is 16.0. The lowest BCUT2D eigenvalue weighted by Crippen LogP contribution is -2.35. The maximum atomic E-state index is 13.5. The number of fused-ring (bicyclic) bond motifs is 1. The smallest absolute Gasteiger partial charge is 0.407 e. The first-order valence-electron chi connectivity index (χ1n) is 8.84. The van der Waals surface area contributed by atoms with Gasteiger partial charge in [-0.2, -0.15) is 0 Å². The standard InChI is InChI=1S/C20H18FN5O2S/c21-13-3-1-2-12(10-13)16(11-22)26-20(27)28-17-6-9-29-19(17)25-15-5-8-24-18-14(15)4-7-23-18/h1-10,16H,11,22H2,(H,26,27)(H2,23,24,25). The van der Waals surface area contributed by atoms with Crippen molar-refractivity contribution in [3.05, 3.63) is 71.6 Å². The number of anilines is 2. The van der Waals surface area contributed by atoms with E-state index in [1.54, 1.807) is 24.4 Å². The second-order valence-electron chi connectivity index (χ2n) is 6.21. The minimum Gasteiger partial charge on any atom is -0.407 e. The van der Waals surface area contributed by atoms with Crippen LogP contribution in [0.2, 0.25) is 0 Å². The van der Waals surface area contributed by atoms with Crippen molar-refractivity contribution in [3.8, 4) is 5.75 Å². The Morgan fingerprint density at radius 3 is 3.03 bits per heavy atom. The molecule has 0 spiro atoms. The molecule has 0 fully saturated rings. The fraction of sp³-hybridized carbons (Fsp3) is 0.100. The van der Waals surface area contributed by atoms with Crippen LogP contribution in [-0.4, -0.2) is 22.6 Å². The molecule has 3 heterocycles. The van der Waals surface area contributed by atoms with E-state index in [1.165, 1.54) is 23.5 Å². The minimum absolute atomic E-state index is 0.107. The summed E-state index contributed by atoms with van der Waals surface area (Å²) >= 11 is 1.40. The van der Waals surface area contributed by atoms with Gasteiger partial charge < -0.3 is 26.1 Å². The van der Waals surface area contributed by atoms with E-state index < -0.39 is 18.0 Å². The van der Waals surface area contributed by atoms with Gasteiger partial charge in [0.05, 0.1) is 11.7 Å². The van der Waals surface area contributed by atoms with Gasteiger partial charge in [-0.1, -0.05) is 12.1 Å². The van der Waals surface area contributed by atoms with Gasteiger partial charge in [0.2, 0.25) is 0 Å².